The smallest absolute Gasteiger partial charge is 0.326 e. The lowest BCUT2D eigenvalue weighted by Crippen LogP contribution is -2.55. The van der Waals surface area contributed by atoms with Gasteiger partial charge in [0.05, 0.1) is 17.5 Å². The lowest BCUT2D eigenvalue weighted by molar-refractivity contribution is -0.150. The molecule has 5 N–H and O–H groups in total. The quantitative estimate of drug-likeness (QED) is 0.172. The molecule has 14 heteroatoms. The number of carboxylic acid groups (broad SMARTS) is 1. The molecular formula is C29H39Cl2N5O6S. The maximum Gasteiger partial charge on any atom is 0.326 e. The highest BCUT2D eigenvalue weighted by molar-refractivity contribution is 7.89. The SMILES string of the molecule is COC[C@H]1c2cc(S(=O)(=O)N[C@@H](Cc3cccc(C(=N)N)c3)C(=O)N3CC=C(C)C[C@@H]3C(=O)O)ccc2CCN1C.Cl.Cl. The van der Waals surface area contributed by atoms with Crippen LogP contribution in [0.25, 0.3) is 0 Å². The molecule has 0 spiro atoms. The van der Waals surface area contributed by atoms with Crippen LogP contribution in [0.5, 0.6) is 0 Å². The Labute approximate surface area is 264 Å². The van der Waals surface area contributed by atoms with E-state index >= 15 is 0 Å². The number of nitrogens with two attached hydrogens (primary N) is 1. The highest BCUT2D eigenvalue weighted by Crippen LogP contribution is 2.31. The standard InChI is InChI=1S/C29H37N5O6S.2ClH/c1-18-9-12-34(25(13-18)29(36)37)28(35)24(15-19-5-4-6-21(14-19)27(30)31)32-41(38,39)22-8-7-20-10-11-33(2)26(17-40-3)23(20)16-22;;/h4-9,14,16,24-26,32H,10-13,15,17H2,1-3H3,(H3,30,31)(H,36,37);2*1H/t24-,25+,26-;;/m0../s1. The predicted molar refractivity (Wildman–Crippen MR) is 169 cm³/mol. The summed E-state index contributed by atoms with van der Waals surface area (Å²) in [5, 5.41) is 17.6. The molecule has 0 bridgehead atoms. The van der Waals surface area contributed by atoms with Gasteiger partial charge < -0.3 is 20.5 Å². The number of halogens is 2. The highest BCUT2D eigenvalue weighted by Gasteiger charge is 2.37. The highest BCUT2D eigenvalue weighted by atomic mass is 35.5. The van der Waals surface area contributed by atoms with Crippen molar-refractivity contribution in [3.8, 4) is 0 Å². The molecule has 2 aliphatic heterocycles. The van der Waals surface area contributed by atoms with Gasteiger partial charge in [0, 0.05) is 25.8 Å². The third kappa shape index (κ3) is 8.34. The van der Waals surface area contributed by atoms with Gasteiger partial charge in [0.2, 0.25) is 15.9 Å². The Kier molecular flexibility index (Phi) is 12.7. The van der Waals surface area contributed by atoms with Crippen LogP contribution in [-0.2, 0) is 37.2 Å². The molecule has 11 nitrogen and oxygen atoms in total. The maximum atomic E-state index is 13.9. The summed E-state index contributed by atoms with van der Waals surface area (Å²) in [6, 6.07) is 9.06. The molecule has 0 saturated carbocycles. The van der Waals surface area contributed by atoms with Gasteiger partial charge in [0.1, 0.15) is 17.9 Å². The van der Waals surface area contributed by atoms with E-state index in [1.807, 2.05) is 7.05 Å². The maximum absolute atomic E-state index is 13.9. The molecule has 4 rings (SSSR count). The number of methoxy groups -OCH3 is 1. The minimum Gasteiger partial charge on any atom is -0.480 e. The number of hydrogen-bond acceptors (Lipinski definition) is 7. The van der Waals surface area contributed by atoms with Gasteiger partial charge in [0.25, 0.3) is 0 Å². The molecule has 2 aromatic rings. The molecule has 0 aromatic heterocycles. The number of ether oxygens (including phenoxy) is 1. The van der Waals surface area contributed by atoms with E-state index in [4.69, 9.17) is 15.9 Å². The Morgan fingerprint density at radius 1 is 1.21 bits per heavy atom. The topological polar surface area (TPSA) is 166 Å². The first-order valence-corrected chi connectivity index (χ1v) is 14.9. The summed E-state index contributed by atoms with van der Waals surface area (Å²) in [4.78, 5) is 29.3. The number of aliphatic carboxylic acids is 1. The predicted octanol–water partition coefficient (Wildman–Crippen LogP) is 2.51. The average molecular weight is 657 g/mol. The van der Waals surface area contributed by atoms with Gasteiger partial charge in [-0.15, -0.1) is 24.8 Å². The largest absolute Gasteiger partial charge is 0.480 e. The third-order valence-electron chi connectivity index (χ3n) is 7.75. The monoisotopic (exact) mass is 655 g/mol. The van der Waals surface area contributed by atoms with E-state index in [1.54, 1.807) is 56.5 Å². The number of likely N-dealkylation sites (N-methyl/N-ethyl adjacent to an activating group) is 1. The second-order valence-electron chi connectivity index (χ2n) is 10.7. The normalized spacial score (nSPS) is 19.2. The fourth-order valence-electron chi connectivity index (χ4n) is 5.42. The van der Waals surface area contributed by atoms with Gasteiger partial charge in [-0.2, -0.15) is 4.72 Å². The fraction of sp³-hybridized carbons (Fsp3) is 0.414. The van der Waals surface area contributed by atoms with Crippen molar-refractivity contribution in [3.05, 3.63) is 76.4 Å². The van der Waals surface area contributed by atoms with Gasteiger partial charge >= 0.3 is 5.97 Å². The van der Waals surface area contributed by atoms with Crippen LogP contribution in [0.15, 0.2) is 59.0 Å². The number of carboxylic acids is 1. The van der Waals surface area contributed by atoms with Crippen LogP contribution in [0.4, 0.5) is 0 Å². The van der Waals surface area contributed by atoms with Crippen molar-refractivity contribution in [2.24, 2.45) is 5.73 Å². The second kappa shape index (κ2) is 15.1. The first-order chi connectivity index (χ1) is 19.4. The third-order valence-corrected chi connectivity index (χ3v) is 9.22. The van der Waals surface area contributed by atoms with Gasteiger partial charge in [-0.25, -0.2) is 13.2 Å². The zero-order chi connectivity index (χ0) is 29.9. The first-order valence-electron chi connectivity index (χ1n) is 13.4. The van der Waals surface area contributed by atoms with Crippen molar-refractivity contribution in [1.82, 2.24) is 14.5 Å². The molecule has 0 saturated heterocycles. The molecule has 2 aliphatic rings. The molecule has 3 atom stereocenters. The number of carbonyl (C=O) groups is 2. The van der Waals surface area contributed by atoms with Crippen molar-refractivity contribution in [1.29, 1.82) is 5.41 Å². The lowest BCUT2D eigenvalue weighted by Gasteiger charge is -2.35. The summed E-state index contributed by atoms with van der Waals surface area (Å²) >= 11 is 0. The summed E-state index contributed by atoms with van der Waals surface area (Å²) in [7, 11) is -0.652. The Hall–Kier alpha value is -3.00. The number of amidine groups is 1. The average Bonchev–Trinajstić information content (AvgIpc) is 2.93. The number of carbonyl (C=O) groups excluding carboxylic acids is 1. The number of nitrogens with zero attached hydrogens (tertiary/aromatic N) is 2. The number of hydrogen-bond donors (Lipinski definition) is 4. The Morgan fingerprint density at radius 3 is 2.58 bits per heavy atom. The Balaban J connectivity index is 0.00000323. The summed E-state index contributed by atoms with van der Waals surface area (Å²) in [5.41, 5.74) is 9.38. The fourth-order valence-corrected chi connectivity index (χ4v) is 6.65. The Bertz CT molecular complexity index is 1490. The van der Waals surface area contributed by atoms with Crippen LogP contribution in [0.3, 0.4) is 0 Å². The van der Waals surface area contributed by atoms with Gasteiger partial charge in [-0.05, 0) is 68.1 Å². The van der Waals surface area contributed by atoms with Gasteiger partial charge in [0.15, 0.2) is 0 Å². The summed E-state index contributed by atoms with van der Waals surface area (Å²) in [6.45, 7) is 3.06. The molecule has 2 aromatic carbocycles. The van der Waals surface area contributed by atoms with Crippen LogP contribution >= 0.6 is 24.8 Å². The minimum absolute atomic E-state index is 0. The zero-order valence-electron chi connectivity index (χ0n) is 24.3. The number of benzene rings is 2. The van der Waals surface area contributed by atoms with Crippen molar-refractivity contribution in [2.45, 2.75) is 49.2 Å². The molecular weight excluding hydrogens is 617 g/mol. The first kappa shape index (κ1) is 36.2. The molecule has 0 aliphatic carbocycles. The van der Waals surface area contributed by atoms with Crippen LogP contribution in [0.2, 0.25) is 0 Å². The van der Waals surface area contributed by atoms with E-state index in [0.29, 0.717) is 17.7 Å². The van der Waals surface area contributed by atoms with E-state index in [1.165, 1.54) is 11.0 Å². The van der Waals surface area contributed by atoms with Gasteiger partial charge in [-0.3, -0.25) is 15.1 Å². The summed E-state index contributed by atoms with van der Waals surface area (Å²) in [5.74, 6) is -1.97. The molecule has 2 heterocycles. The number of nitrogens with one attached hydrogen (secondary N) is 2. The van der Waals surface area contributed by atoms with Crippen molar-refractivity contribution in [3.63, 3.8) is 0 Å². The van der Waals surface area contributed by atoms with Crippen molar-refractivity contribution < 1.29 is 27.9 Å². The molecule has 236 valence electrons. The van der Waals surface area contributed by atoms with E-state index in [9.17, 15) is 23.1 Å². The summed E-state index contributed by atoms with van der Waals surface area (Å²) in [6.07, 6.45) is 2.63. The number of sulfonamides is 1. The van der Waals surface area contributed by atoms with E-state index < -0.39 is 34.0 Å². The van der Waals surface area contributed by atoms with E-state index in [0.717, 1.165) is 29.7 Å². The van der Waals surface area contributed by atoms with Crippen LogP contribution in [0.1, 0.15) is 41.6 Å². The number of rotatable bonds is 10. The lowest BCUT2D eigenvalue weighted by atomic mass is 9.93. The number of nitrogen functional groups attached to an aromatic ring is 1. The van der Waals surface area contributed by atoms with Gasteiger partial charge in [-0.1, -0.05) is 35.9 Å². The molecule has 0 fully saturated rings. The summed E-state index contributed by atoms with van der Waals surface area (Å²) < 4.78 is 35.5. The van der Waals surface area contributed by atoms with Crippen LogP contribution in [-0.4, -0.2) is 87.0 Å². The molecule has 0 unspecified atom stereocenters. The minimum atomic E-state index is -4.21. The number of fused-ring (bicyclic) bond motifs is 1. The van der Waals surface area contributed by atoms with Crippen molar-refractivity contribution in [2.75, 3.05) is 33.9 Å². The van der Waals surface area contributed by atoms with Crippen LogP contribution < -0.4 is 10.5 Å². The second-order valence-corrected chi connectivity index (χ2v) is 12.4. The molecule has 1 amide bonds. The zero-order valence-corrected chi connectivity index (χ0v) is 26.7. The van der Waals surface area contributed by atoms with E-state index in [2.05, 4.69) is 9.62 Å². The van der Waals surface area contributed by atoms with E-state index in [-0.39, 0.29) is 61.0 Å². The number of amides is 1. The van der Waals surface area contributed by atoms with Crippen LogP contribution in [0, 0.1) is 5.41 Å². The molecule has 0 radical (unpaired) electrons. The van der Waals surface area contributed by atoms with Crippen molar-refractivity contribution >= 4 is 52.5 Å². The Morgan fingerprint density at radius 2 is 1.93 bits per heavy atom. The molecule has 43 heavy (non-hydrogen) atoms.